The Morgan fingerprint density at radius 1 is 1.00 bits per heavy atom. The monoisotopic (exact) mass is 289 g/mol. The average molecular weight is 289 g/mol. The molecule has 0 aliphatic carbocycles. The fourth-order valence-electron chi connectivity index (χ4n) is 3.01. The van der Waals surface area contributed by atoms with Crippen LogP contribution in [0.2, 0.25) is 0 Å². The highest BCUT2D eigenvalue weighted by molar-refractivity contribution is 7.86. The quantitative estimate of drug-likeness (QED) is 0.836. The third-order valence-electron chi connectivity index (χ3n) is 4.46. The van der Waals surface area contributed by atoms with Gasteiger partial charge in [0.05, 0.1) is 0 Å². The van der Waals surface area contributed by atoms with E-state index in [1.807, 2.05) is 7.05 Å². The van der Waals surface area contributed by atoms with E-state index in [0.717, 1.165) is 32.2 Å². The molecule has 0 aromatic rings. The first-order valence-electron chi connectivity index (χ1n) is 7.44. The minimum absolute atomic E-state index is 0.623. The lowest BCUT2D eigenvalue weighted by Gasteiger charge is -2.37. The van der Waals surface area contributed by atoms with Crippen LogP contribution in [0, 0.1) is 11.8 Å². The number of piperidine rings is 2. The number of hydrogen-bond donors (Lipinski definition) is 1. The van der Waals surface area contributed by atoms with E-state index in [9.17, 15) is 8.42 Å². The molecule has 2 aliphatic heterocycles. The van der Waals surface area contributed by atoms with Crippen molar-refractivity contribution in [2.24, 2.45) is 11.8 Å². The van der Waals surface area contributed by atoms with Crippen molar-refractivity contribution in [2.75, 3.05) is 39.8 Å². The van der Waals surface area contributed by atoms with Gasteiger partial charge in [-0.25, -0.2) is 0 Å². The van der Waals surface area contributed by atoms with Crippen LogP contribution in [0.3, 0.4) is 0 Å². The zero-order valence-corrected chi connectivity index (χ0v) is 13.0. The van der Waals surface area contributed by atoms with Crippen molar-refractivity contribution in [3.05, 3.63) is 0 Å². The van der Waals surface area contributed by atoms with Gasteiger partial charge in [0.25, 0.3) is 10.2 Å². The molecular formula is C13H27N3O2S. The van der Waals surface area contributed by atoms with Crippen LogP contribution in [-0.2, 0) is 10.2 Å². The topological polar surface area (TPSA) is 52.7 Å². The maximum atomic E-state index is 12.5. The molecule has 19 heavy (non-hydrogen) atoms. The molecule has 2 aliphatic rings. The van der Waals surface area contributed by atoms with Gasteiger partial charge in [0.15, 0.2) is 0 Å². The van der Waals surface area contributed by atoms with E-state index in [4.69, 9.17) is 0 Å². The van der Waals surface area contributed by atoms with Gasteiger partial charge in [0.1, 0.15) is 0 Å². The smallest absolute Gasteiger partial charge is 0.281 e. The molecule has 112 valence electrons. The fraction of sp³-hybridized carbons (Fsp3) is 1.00. The maximum Gasteiger partial charge on any atom is 0.281 e. The summed E-state index contributed by atoms with van der Waals surface area (Å²) >= 11 is 0. The Labute approximate surface area is 117 Å². The fourth-order valence-corrected chi connectivity index (χ4v) is 4.68. The second-order valence-corrected chi connectivity index (χ2v) is 7.92. The van der Waals surface area contributed by atoms with Gasteiger partial charge in [0, 0.05) is 26.2 Å². The number of hydrogen-bond acceptors (Lipinski definition) is 3. The van der Waals surface area contributed by atoms with E-state index in [0.29, 0.717) is 38.0 Å². The van der Waals surface area contributed by atoms with Gasteiger partial charge < -0.3 is 5.32 Å². The summed E-state index contributed by atoms with van der Waals surface area (Å²) in [4.78, 5) is 0. The van der Waals surface area contributed by atoms with E-state index in [2.05, 4.69) is 12.2 Å². The highest BCUT2D eigenvalue weighted by Crippen LogP contribution is 2.24. The van der Waals surface area contributed by atoms with Gasteiger partial charge in [-0.3, -0.25) is 0 Å². The Morgan fingerprint density at radius 3 is 1.95 bits per heavy atom. The predicted octanol–water partition coefficient (Wildman–Crippen LogP) is 0.895. The molecule has 0 aromatic heterocycles. The van der Waals surface area contributed by atoms with Crippen LogP contribution in [0.4, 0.5) is 0 Å². The minimum Gasteiger partial charge on any atom is -0.319 e. The molecule has 6 heteroatoms. The number of rotatable bonds is 4. The normalized spacial score (nSPS) is 25.8. The van der Waals surface area contributed by atoms with E-state index in [-0.39, 0.29) is 0 Å². The Kier molecular flexibility index (Phi) is 5.22. The van der Waals surface area contributed by atoms with E-state index < -0.39 is 10.2 Å². The molecule has 0 spiro atoms. The summed E-state index contributed by atoms with van der Waals surface area (Å²) in [6, 6.07) is 0. The molecule has 0 atom stereocenters. The summed E-state index contributed by atoms with van der Waals surface area (Å²) in [6.45, 7) is 5.95. The molecule has 0 unspecified atom stereocenters. The van der Waals surface area contributed by atoms with Crippen molar-refractivity contribution in [3.63, 3.8) is 0 Å². The Hall–Kier alpha value is -0.170. The van der Waals surface area contributed by atoms with Gasteiger partial charge in [-0.2, -0.15) is 17.0 Å². The zero-order chi connectivity index (χ0) is 13.9. The van der Waals surface area contributed by atoms with Crippen molar-refractivity contribution < 1.29 is 8.42 Å². The summed E-state index contributed by atoms with van der Waals surface area (Å²) in [6.07, 6.45) is 3.94. The Morgan fingerprint density at radius 2 is 1.47 bits per heavy atom. The molecule has 0 radical (unpaired) electrons. The SMILES string of the molecule is CNCC1CCN(S(=O)(=O)N2CCC(C)CC2)CC1. The average Bonchev–Trinajstić information content (AvgIpc) is 2.40. The molecule has 0 saturated carbocycles. The first-order valence-corrected chi connectivity index (χ1v) is 8.83. The van der Waals surface area contributed by atoms with Crippen molar-refractivity contribution >= 4 is 10.2 Å². The molecule has 2 saturated heterocycles. The van der Waals surface area contributed by atoms with Gasteiger partial charge >= 0.3 is 0 Å². The largest absolute Gasteiger partial charge is 0.319 e. The lowest BCUT2D eigenvalue weighted by atomic mass is 9.98. The summed E-state index contributed by atoms with van der Waals surface area (Å²) in [5, 5.41) is 3.18. The van der Waals surface area contributed by atoms with Crippen molar-refractivity contribution in [2.45, 2.75) is 32.6 Å². The second kappa shape index (κ2) is 6.52. The summed E-state index contributed by atoms with van der Waals surface area (Å²) in [5.74, 6) is 1.28. The third kappa shape index (κ3) is 3.68. The van der Waals surface area contributed by atoms with Crippen molar-refractivity contribution in [3.8, 4) is 0 Å². The van der Waals surface area contributed by atoms with Crippen LogP contribution in [0.1, 0.15) is 32.6 Å². The van der Waals surface area contributed by atoms with Crippen LogP contribution in [-0.4, -0.2) is 56.8 Å². The molecule has 2 heterocycles. The Balaban J connectivity index is 1.90. The first kappa shape index (κ1) is 15.2. The highest BCUT2D eigenvalue weighted by atomic mass is 32.2. The lowest BCUT2D eigenvalue weighted by Crippen LogP contribution is -2.49. The van der Waals surface area contributed by atoms with Crippen LogP contribution in [0.25, 0.3) is 0 Å². The standard InChI is InChI=1S/C13H27N3O2S/c1-12-3-7-15(8-4-12)19(17,18)16-9-5-13(6-10-16)11-14-2/h12-14H,3-11H2,1-2H3. The van der Waals surface area contributed by atoms with E-state index in [1.54, 1.807) is 8.61 Å². The molecular weight excluding hydrogens is 262 g/mol. The van der Waals surface area contributed by atoms with Crippen LogP contribution >= 0.6 is 0 Å². The molecule has 2 rings (SSSR count). The van der Waals surface area contributed by atoms with Crippen molar-refractivity contribution in [1.29, 1.82) is 0 Å². The lowest BCUT2D eigenvalue weighted by molar-refractivity contribution is 0.230. The summed E-state index contributed by atoms with van der Waals surface area (Å²) < 4.78 is 28.5. The Bertz CT molecular complexity index is 369. The molecule has 1 N–H and O–H groups in total. The molecule has 5 nitrogen and oxygen atoms in total. The predicted molar refractivity (Wildman–Crippen MR) is 77.1 cm³/mol. The van der Waals surface area contributed by atoms with Gasteiger partial charge in [-0.1, -0.05) is 6.92 Å². The summed E-state index contributed by atoms with van der Waals surface area (Å²) in [5.41, 5.74) is 0. The molecule has 0 aromatic carbocycles. The highest BCUT2D eigenvalue weighted by Gasteiger charge is 2.34. The van der Waals surface area contributed by atoms with Crippen LogP contribution in [0.5, 0.6) is 0 Å². The zero-order valence-electron chi connectivity index (χ0n) is 12.1. The van der Waals surface area contributed by atoms with E-state index >= 15 is 0 Å². The summed E-state index contributed by atoms with van der Waals surface area (Å²) in [7, 11) is -1.24. The van der Waals surface area contributed by atoms with E-state index in [1.165, 1.54) is 0 Å². The van der Waals surface area contributed by atoms with Gasteiger partial charge in [-0.15, -0.1) is 0 Å². The van der Waals surface area contributed by atoms with Crippen LogP contribution < -0.4 is 5.32 Å². The number of nitrogens with one attached hydrogen (secondary N) is 1. The second-order valence-electron chi connectivity index (χ2n) is 5.99. The first-order chi connectivity index (χ1) is 9.04. The minimum atomic E-state index is -3.20. The van der Waals surface area contributed by atoms with Gasteiger partial charge in [0.2, 0.25) is 0 Å². The molecule has 2 fully saturated rings. The van der Waals surface area contributed by atoms with Gasteiger partial charge in [-0.05, 0) is 51.1 Å². The molecule has 0 bridgehead atoms. The maximum absolute atomic E-state index is 12.5. The van der Waals surface area contributed by atoms with Crippen LogP contribution in [0.15, 0.2) is 0 Å². The third-order valence-corrected chi connectivity index (χ3v) is 6.50. The van der Waals surface area contributed by atoms with Crippen molar-refractivity contribution in [1.82, 2.24) is 13.9 Å². The molecule has 0 amide bonds. The number of nitrogens with zero attached hydrogens (tertiary/aromatic N) is 2.